The van der Waals surface area contributed by atoms with Gasteiger partial charge in [0.1, 0.15) is 12.2 Å². The van der Waals surface area contributed by atoms with E-state index in [0.717, 1.165) is 11.1 Å². The van der Waals surface area contributed by atoms with Gasteiger partial charge in [-0.1, -0.05) is 86.7 Å². The van der Waals surface area contributed by atoms with Crippen LogP contribution >= 0.6 is 0 Å². The first-order chi connectivity index (χ1) is 23.4. The third-order valence-corrected chi connectivity index (χ3v) is 9.69. The lowest BCUT2D eigenvalue weighted by atomic mass is 9.85. The second kappa shape index (κ2) is 18.1. The van der Waals surface area contributed by atoms with Crippen LogP contribution in [0.2, 0.25) is 0 Å². The molecular weight excluding hydrogens is 616 g/mol. The zero-order valence-electron chi connectivity index (χ0n) is 30.0. The average Bonchev–Trinajstić information content (AvgIpc) is 3.87. The van der Waals surface area contributed by atoms with Crippen molar-refractivity contribution in [2.24, 2.45) is 11.8 Å². The van der Waals surface area contributed by atoms with Crippen LogP contribution in [0.4, 0.5) is 0 Å². The summed E-state index contributed by atoms with van der Waals surface area (Å²) < 4.78 is 17.8. The first kappa shape index (κ1) is 38.5. The molecule has 2 aliphatic rings. The Hall–Kier alpha value is -3.29. The van der Waals surface area contributed by atoms with Gasteiger partial charge < -0.3 is 35.1 Å². The molecule has 1 saturated heterocycles. The first-order valence-corrected chi connectivity index (χ1v) is 17.6. The van der Waals surface area contributed by atoms with E-state index in [-0.39, 0.29) is 36.5 Å². The molecule has 1 fully saturated rings. The maximum absolute atomic E-state index is 12.9. The second-order valence-electron chi connectivity index (χ2n) is 14.4. The molecule has 0 aromatic heterocycles. The zero-order valence-corrected chi connectivity index (χ0v) is 30.0. The van der Waals surface area contributed by atoms with E-state index in [1.165, 1.54) is 5.56 Å². The van der Waals surface area contributed by atoms with Gasteiger partial charge in [0, 0.05) is 32.0 Å². The third-order valence-electron chi connectivity index (χ3n) is 9.69. The largest absolute Gasteiger partial charge is 0.457 e. The van der Waals surface area contributed by atoms with Crippen molar-refractivity contribution in [3.63, 3.8) is 0 Å². The van der Waals surface area contributed by atoms with E-state index in [4.69, 9.17) is 14.2 Å². The highest BCUT2D eigenvalue weighted by Gasteiger charge is 2.53. The molecule has 2 heterocycles. The fourth-order valence-corrected chi connectivity index (χ4v) is 6.58. The number of carbonyl (C=O) groups is 1. The summed E-state index contributed by atoms with van der Waals surface area (Å²) in [5, 5.41) is 28.9. The standard InChI is InChI=1S/C41H56N2O6/c1-29-15-13-22-40(4,46)24-21-34(44)25-35(45)48-36(29)30(2)16-14-23-41(5,43-27-33-19-11-8-12-20-33)39(38-37(49-38)31(3)28-47-6)42-26-32-17-9-7-10-18-32/h7,9-11,13-20,23,29,31,34,36-39,42-44,46H,21-22,24-28H2,1-6H3. The number of benzene rings is 1. The SMILES string of the molecule is COCC(C)C1OC1C(NCc1ccccc1)C(C)(C=CC=C(C)C1OC(=O)CC(O)CCC(C)(O)CC=CC1C)NCc1cc#ccc1. The van der Waals surface area contributed by atoms with Crippen LogP contribution in [-0.4, -0.2) is 71.5 Å². The molecule has 9 unspecified atom stereocenters. The van der Waals surface area contributed by atoms with E-state index < -0.39 is 29.3 Å². The van der Waals surface area contributed by atoms with Crippen LogP contribution in [0.3, 0.4) is 0 Å². The summed E-state index contributed by atoms with van der Waals surface area (Å²) in [5.41, 5.74) is 1.63. The van der Waals surface area contributed by atoms with Gasteiger partial charge in [-0.05, 0) is 74.9 Å². The van der Waals surface area contributed by atoms with Crippen LogP contribution in [0.1, 0.15) is 71.4 Å². The second-order valence-corrected chi connectivity index (χ2v) is 14.4. The first-order valence-electron chi connectivity index (χ1n) is 17.6. The smallest absolute Gasteiger partial charge is 0.309 e. The number of carbonyl (C=O) groups excluding carboxylic acids is 1. The fraction of sp³-hybridized carbons (Fsp3) is 0.537. The lowest BCUT2D eigenvalue weighted by molar-refractivity contribution is -0.151. The molecule has 8 nitrogen and oxygen atoms in total. The molecule has 2 aromatic carbocycles. The van der Waals surface area contributed by atoms with Crippen molar-refractivity contribution in [3.05, 3.63) is 108 Å². The highest BCUT2D eigenvalue weighted by molar-refractivity contribution is 5.70. The Morgan fingerprint density at radius 2 is 1.96 bits per heavy atom. The summed E-state index contributed by atoms with van der Waals surface area (Å²) in [6.07, 6.45) is 9.83. The molecule has 4 N–H and O–H groups in total. The molecule has 0 amide bonds. The number of methoxy groups -OCH3 is 1. The van der Waals surface area contributed by atoms with E-state index in [9.17, 15) is 15.0 Å². The Labute approximate surface area is 293 Å². The number of hydrogen-bond acceptors (Lipinski definition) is 8. The number of rotatable bonds is 14. The third kappa shape index (κ3) is 11.9. The van der Waals surface area contributed by atoms with Gasteiger partial charge in [-0.2, -0.15) is 0 Å². The maximum atomic E-state index is 12.9. The Morgan fingerprint density at radius 3 is 2.67 bits per heavy atom. The molecule has 2 aromatic rings. The average molecular weight is 673 g/mol. The van der Waals surface area contributed by atoms with Gasteiger partial charge in [0.2, 0.25) is 0 Å². The van der Waals surface area contributed by atoms with Crippen molar-refractivity contribution in [2.45, 2.75) is 115 Å². The lowest BCUT2D eigenvalue weighted by Gasteiger charge is -2.37. The summed E-state index contributed by atoms with van der Waals surface area (Å²) in [6.45, 7) is 12.0. The number of aliphatic hydroxyl groups is 2. The molecule has 8 heteroatoms. The highest BCUT2D eigenvalue weighted by Crippen LogP contribution is 2.37. The Morgan fingerprint density at radius 1 is 1.18 bits per heavy atom. The van der Waals surface area contributed by atoms with Gasteiger partial charge in [-0.3, -0.25) is 4.79 Å². The Balaban J connectivity index is 1.63. The van der Waals surface area contributed by atoms with Crippen molar-refractivity contribution in [3.8, 4) is 0 Å². The van der Waals surface area contributed by atoms with Crippen molar-refractivity contribution in [2.75, 3.05) is 13.7 Å². The van der Waals surface area contributed by atoms with Crippen LogP contribution in [0.15, 0.2) is 84.5 Å². The summed E-state index contributed by atoms with van der Waals surface area (Å²) in [4.78, 5) is 12.9. The molecule has 49 heavy (non-hydrogen) atoms. The normalized spacial score (nSPS) is 29.2. The summed E-state index contributed by atoms with van der Waals surface area (Å²) in [5.74, 6) is -0.358. The van der Waals surface area contributed by atoms with Crippen molar-refractivity contribution < 1.29 is 29.2 Å². The zero-order chi connectivity index (χ0) is 35.4. The van der Waals surface area contributed by atoms with E-state index in [2.05, 4.69) is 54.8 Å². The highest BCUT2D eigenvalue weighted by atomic mass is 16.6. The summed E-state index contributed by atoms with van der Waals surface area (Å²) >= 11 is 0. The van der Waals surface area contributed by atoms with Gasteiger partial charge in [-0.15, -0.1) is 0 Å². The van der Waals surface area contributed by atoms with Gasteiger partial charge in [-0.25, -0.2) is 0 Å². The molecule has 266 valence electrons. The molecular formula is C41H56N2O6. The van der Waals surface area contributed by atoms with Crippen LogP contribution in [0, 0.1) is 24.0 Å². The molecule has 0 spiro atoms. The minimum atomic E-state index is -0.951. The topological polar surface area (TPSA) is 113 Å². The minimum Gasteiger partial charge on any atom is -0.457 e. The minimum absolute atomic E-state index is 0.0437. The Kier molecular flexibility index (Phi) is 14.2. The maximum Gasteiger partial charge on any atom is 0.309 e. The number of esters is 1. The fourth-order valence-electron chi connectivity index (χ4n) is 6.58. The number of ether oxygens (including phenoxy) is 3. The van der Waals surface area contributed by atoms with Gasteiger partial charge in [0.15, 0.2) is 0 Å². The monoisotopic (exact) mass is 672 g/mol. The number of hydrogen-bond donors (Lipinski definition) is 4. The van der Waals surface area contributed by atoms with Crippen molar-refractivity contribution >= 4 is 5.97 Å². The molecule has 4 rings (SSSR count). The molecule has 9 atom stereocenters. The molecule has 2 aliphatic heterocycles. The van der Waals surface area contributed by atoms with Crippen LogP contribution in [-0.2, 0) is 32.1 Å². The Bertz CT molecular complexity index is 1390. The van der Waals surface area contributed by atoms with E-state index in [1.54, 1.807) is 14.0 Å². The molecule has 0 saturated carbocycles. The molecule has 0 aliphatic carbocycles. The predicted molar refractivity (Wildman–Crippen MR) is 192 cm³/mol. The quantitative estimate of drug-likeness (QED) is 0.0884. The number of epoxide rings is 1. The van der Waals surface area contributed by atoms with Gasteiger partial charge >= 0.3 is 5.97 Å². The van der Waals surface area contributed by atoms with Gasteiger partial charge in [0.05, 0.1) is 42.4 Å². The van der Waals surface area contributed by atoms with Crippen LogP contribution in [0.25, 0.3) is 0 Å². The van der Waals surface area contributed by atoms with Crippen LogP contribution in [0.5, 0.6) is 0 Å². The van der Waals surface area contributed by atoms with Crippen molar-refractivity contribution in [1.29, 1.82) is 0 Å². The molecule has 0 bridgehead atoms. The number of allylic oxidation sites excluding steroid dienone is 2. The number of cyclic esters (lactones) is 1. The lowest BCUT2D eigenvalue weighted by Crippen LogP contribution is -2.59. The van der Waals surface area contributed by atoms with Crippen LogP contribution < -0.4 is 10.6 Å². The summed E-state index contributed by atoms with van der Waals surface area (Å²) in [7, 11) is 1.72. The van der Waals surface area contributed by atoms with E-state index >= 15 is 0 Å². The van der Waals surface area contributed by atoms with E-state index in [1.807, 2.05) is 74.5 Å². The van der Waals surface area contributed by atoms with Crippen molar-refractivity contribution in [1.82, 2.24) is 10.6 Å². The van der Waals surface area contributed by atoms with E-state index in [0.29, 0.717) is 39.0 Å². The predicted octanol–water partition coefficient (Wildman–Crippen LogP) is 5.64. The summed E-state index contributed by atoms with van der Waals surface area (Å²) in [6, 6.07) is 22.1. The van der Waals surface area contributed by atoms with Gasteiger partial charge in [0.25, 0.3) is 0 Å². The number of nitrogens with one attached hydrogen (secondary N) is 2. The molecule has 0 radical (unpaired) electrons. The number of aliphatic hydroxyl groups excluding tert-OH is 1.